The number of rotatable bonds is 8. The third-order valence-corrected chi connectivity index (χ3v) is 11.2. The zero-order valence-corrected chi connectivity index (χ0v) is 31.1. The van der Waals surface area contributed by atoms with Gasteiger partial charge in [-0.25, -0.2) is 18.2 Å². The second kappa shape index (κ2) is 13.6. The van der Waals surface area contributed by atoms with Gasteiger partial charge in [0.15, 0.2) is 0 Å². The first-order valence-corrected chi connectivity index (χ1v) is 19.2. The van der Waals surface area contributed by atoms with Crippen molar-refractivity contribution < 1.29 is 17.9 Å². The van der Waals surface area contributed by atoms with Gasteiger partial charge in [-0.1, -0.05) is 68.2 Å². The van der Waals surface area contributed by atoms with E-state index in [0.717, 1.165) is 11.1 Å². The van der Waals surface area contributed by atoms with Crippen LogP contribution in [0.15, 0.2) is 59.7 Å². The van der Waals surface area contributed by atoms with Gasteiger partial charge in [-0.3, -0.25) is 9.89 Å². The number of amidine groups is 1. The van der Waals surface area contributed by atoms with E-state index in [0.29, 0.717) is 72.1 Å². The van der Waals surface area contributed by atoms with Gasteiger partial charge < -0.3 is 9.64 Å². The summed E-state index contributed by atoms with van der Waals surface area (Å²) in [6, 6.07) is 14.9. The van der Waals surface area contributed by atoms with Crippen LogP contribution in [0.1, 0.15) is 83.3 Å². The Hall–Kier alpha value is -3.21. The van der Waals surface area contributed by atoms with Crippen molar-refractivity contribution in [3.8, 4) is 5.88 Å². The number of nitrogens with zero attached hydrogens (tertiary/aromatic N) is 5. The van der Waals surface area contributed by atoms with E-state index in [4.69, 9.17) is 42.9 Å². The zero-order valence-electron chi connectivity index (χ0n) is 28.8. The number of ether oxygens (including phenoxy) is 1. The standard InChI is InChI=1S/C36H45Cl2N5O4S/c1-8-47-31-29(23-39-32(40-31)34(2,3)4)30-41-35(5,25-9-13-27(37)14-10-25)36(6,26-11-15-28(38)16-12-26)43(30)33(44)42-20-17-24(18-21-42)19-22-48(7,45)46/h9-16,23-24H,8,17-22H2,1-7H3/t35-,36+/m0/s1. The van der Waals surface area contributed by atoms with Gasteiger partial charge in [-0.2, -0.15) is 4.98 Å². The molecule has 12 heteroatoms. The van der Waals surface area contributed by atoms with Crippen LogP contribution in [0.2, 0.25) is 10.0 Å². The van der Waals surface area contributed by atoms with Crippen molar-refractivity contribution >= 4 is 44.9 Å². The number of aliphatic imine (C=N–C) groups is 1. The van der Waals surface area contributed by atoms with Crippen molar-refractivity contribution in [2.45, 2.75) is 77.3 Å². The number of hydrogen-bond donors (Lipinski definition) is 0. The van der Waals surface area contributed by atoms with E-state index in [1.807, 2.05) is 95.0 Å². The Kier molecular flexibility index (Phi) is 10.2. The summed E-state index contributed by atoms with van der Waals surface area (Å²) in [5.74, 6) is 1.74. The molecule has 5 rings (SSSR count). The Morgan fingerprint density at radius 1 is 0.979 bits per heavy atom. The van der Waals surface area contributed by atoms with Gasteiger partial charge in [0.05, 0.1) is 17.9 Å². The molecule has 0 saturated carbocycles. The molecule has 0 bridgehead atoms. The number of amides is 2. The maximum atomic E-state index is 15.1. The molecular weight excluding hydrogens is 669 g/mol. The van der Waals surface area contributed by atoms with Crippen LogP contribution >= 0.6 is 23.2 Å². The molecule has 0 spiro atoms. The summed E-state index contributed by atoms with van der Waals surface area (Å²) in [6.45, 7) is 13.4. The highest BCUT2D eigenvalue weighted by molar-refractivity contribution is 7.90. The fourth-order valence-electron chi connectivity index (χ4n) is 6.63. The summed E-state index contributed by atoms with van der Waals surface area (Å²) < 4.78 is 29.8. The van der Waals surface area contributed by atoms with Gasteiger partial charge in [0.2, 0.25) is 5.88 Å². The Balaban J connectivity index is 1.69. The number of carbonyl (C=O) groups excluding carboxylic acids is 1. The minimum Gasteiger partial charge on any atom is -0.477 e. The van der Waals surface area contributed by atoms with Gasteiger partial charge in [0, 0.05) is 41.0 Å². The number of hydrogen-bond acceptors (Lipinski definition) is 7. The van der Waals surface area contributed by atoms with Crippen molar-refractivity contribution in [1.82, 2.24) is 19.8 Å². The first-order chi connectivity index (χ1) is 22.5. The van der Waals surface area contributed by atoms with Crippen molar-refractivity contribution in [1.29, 1.82) is 0 Å². The smallest absolute Gasteiger partial charge is 0.326 e. The van der Waals surface area contributed by atoms with Crippen LogP contribution < -0.4 is 4.74 Å². The van der Waals surface area contributed by atoms with Gasteiger partial charge in [0.25, 0.3) is 0 Å². The van der Waals surface area contributed by atoms with E-state index in [1.165, 1.54) is 6.26 Å². The summed E-state index contributed by atoms with van der Waals surface area (Å²) in [7, 11) is -3.06. The van der Waals surface area contributed by atoms with Gasteiger partial charge >= 0.3 is 6.03 Å². The Morgan fingerprint density at radius 3 is 2.06 bits per heavy atom. The predicted molar refractivity (Wildman–Crippen MR) is 192 cm³/mol. The topological polar surface area (TPSA) is 105 Å². The minimum absolute atomic E-state index is 0.146. The third-order valence-electron chi connectivity index (χ3n) is 9.67. The highest BCUT2D eigenvalue weighted by Gasteiger charge is 2.60. The fourth-order valence-corrected chi connectivity index (χ4v) is 7.64. The van der Waals surface area contributed by atoms with E-state index in [2.05, 4.69) is 0 Å². The van der Waals surface area contributed by atoms with Crippen molar-refractivity contribution in [2.75, 3.05) is 31.7 Å². The van der Waals surface area contributed by atoms with Gasteiger partial charge in [-0.15, -0.1) is 0 Å². The van der Waals surface area contributed by atoms with E-state index < -0.39 is 20.9 Å². The van der Waals surface area contributed by atoms with Crippen molar-refractivity contribution in [3.63, 3.8) is 0 Å². The molecule has 2 aromatic carbocycles. The predicted octanol–water partition coefficient (Wildman–Crippen LogP) is 7.64. The number of likely N-dealkylation sites (tertiary alicyclic amines) is 1. The number of benzene rings is 2. The molecule has 1 fully saturated rings. The SMILES string of the molecule is CCOc1nc(C(C)(C)C)ncc1C1=N[C@@](C)(c2ccc(Cl)cc2)[C@@](C)(c2ccc(Cl)cc2)N1C(=O)N1CCC(CCS(C)(=O)=O)CC1. The number of halogens is 2. The second-order valence-electron chi connectivity index (χ2n) is 14.2. The molecule has 2 atom stereocenters. The van der Waals surface area contributed by atoms with E-state index in [9.17, 15) is 8.42 Å². The molecule has 2 amide bonds. The lowest BCUT2D eigenvalue weighted by Gasteiger charge is -2.47. The lowest BCUT2D eigenvalue weighted by Crippen LogP contribution is -2.59. The van der Waals surface area contributed by atoms with E-state index >= 15 is 4.79 Å². The molecule has 0 unspecified atom stereocenters. The Labute approximate surface area is 294 Å². The molecular formula is C36H45Cl2N5O4S. The van der Waals surface area contributed by atoms with Crippen LogP contribution in [0.5, 0.6) is 5.88 Å². The van der Waals surface area contributed by atoms with Crippen molar-refractivity contribution in [3.05, 3.63) is 87.3 Å². The molecule has 3 aromatic rings. The van der Waals surface area contributed by atoms with Crippen LogP contribution in [0.3, 0.4) is 0 Å². The lowest BCUT2D eigenvalue weighted by atomic mass is 9.71. The maximum Gasteiger partial charge on any atom is 0.326 e. The number of piperidine rings is 1. The highest BCUT2D eigenvalue weighted by Crippen LogP contribution is 2.54. The number of urea groups is 1. The molecule has 9 nitrogen and oxygen atoms in total. The molecule has 2 aliphatic heterocycles. The van der Waals surface area contributed by atoms with Crippen LogP contribution in [0.25, 0.3) is 0 Å². The summed E-state index contributed by atoms with van der Waals surface area (Å²) in [4.78, 5) is 33.7. The minimum atomic E-state index is -3.06. The van der Waals surface area contributed by atoms with Gasteiger partial charge in [0.1, 0.15) is 32.6 Å². The van der Waals surface area contributed by atoms with Crippen LogP contribution in [0.4, 0.5) is 4.79 Å². The first-order valence-electron chi connectivity index (χ1n) is 16.4. The zero-order chi connectivity index (χ0) is 35.1. The lowest BCUT2D eigenvalue weighted by molar-refractivity contribution is 0.0964. The number of carbonyl (C=O) groups is 1. The normalized spacial score (nSPS) is 22.1. The molecule has 258 valence electrons. The molecule has 0 radical (unpaired) electrons. The molecule has 1 saturated heterocycles. The fraction of sp³-hybridized carbons (Fsp3) is 0.500. The molecule has 0 N–H and O–H groups in total. The first kappa shape index (κ1) is 36.1. The summed E-state index contributed by atoms with van der Waals surface area (Å²) in [5.41, 5.74) is -0.187. The molecule has 2 aliphatic rings. The summed E-state index contributed by atoms with van der Waals surface area (Å²) >= 11 is 12.7. The summed E-state index contributed by atoms with van der Waals surface area (Å²) in [5, 5.41) is 1.17. The average Bonchev–Trinajstić information content (AvgIpc) is 3.27. The Bertz CT molecular complexity index is 1790. The maximum absolute atomic E-state index is 15.1. The Morgan fingerprint density at radius 2 is 1.54 bits per heavy atom. The quantitative estimate of drug-likeness (QED) is 0.238. The monoisotopic (exact) mass is 713 g/mol. The van der Waals surface area contributed by atoms with Crippen LogP contribution in [-0.2, 0) is 26.3 Å². The van der Waals surface area contributed by atoms with Crippen LogP contribution in [-0.4, -0.2) is 71.8 Å². The third kappa shape index (κ3) is 7.07. The second-order valence-corrected chi connectivity index (χ2v) is 17.3. The number of sulfone groups is 1. The molecule has 0 aliphatic carbocycles. The molecule has 48 heavy (non-hydrogen) atoms. The van der Waals surface area contributed by atoms with Gasteiger partial charge in [-0.05, 0) is 81.3 Å². The van der Waals surface area contributed by atoms with Crippen molar-refractivity contribution in [2.24, 2.45) is 10.9 Å². The summed E-state index contributed by atoms with van der Waals surface area (Å²) in [6.07, 6.45) is 4.99. The van der Waals surface area contributed by atoms with E-state index in [1.54, 1.807) is 11.1 Å². The largest absolute Gasteiger partial charge is 0.477 e. The number of aromatic nitrogens is 2. The average molecular weight is 715 g/mol. The molecule has 3 heterocycles. The van der Waals surface area contributed by atoms with Crippen LogP contribution in [0, 0.1) is 5.92 Å². The van der Waals surface area contributed by atoms with E-state index in [-0.39, 0.29) is 23.1 Å². The highest BCUT2D eigenvalue weighted by atomic mass is 35.5. The molecule has 1 aromatic heterocycles.